The van der Waals surface area contributed by atoms with Crippen molar-refractivity contribution in [2.24, 2.45) is 0 Å². The molecular formula is C21H14N6OS. The van der Waals surface area contributed by atoms with Gasteiger partial charge in [0.15, 0.2) is 11.5 Å². The van der Waals surface area contributed by atoms with Crippen molar-refractivity contribution in [1.82, 2.24) is 24.8 Å². The number of amides is 1. The van der Waals surface area contributed by atoms with Gasteiger partial charge in [-0.05, 0) is 47.8 Å². The maximum absolute atomic E-state index is 12.3. The highest BCUT2D eigenvalue weighted by Gasteiger charge is 2.12. The van der Waals surface area contributed by atoms with E-state index in [4.69, 9.17) is 5.10 Å². The number of carbonyl (C=O) groups is 1. The van der Waals surface area contributed by atoms with Crippen LogP contribution in [-0.4, -0.2) is 30.7 Å². The molecular weight excluding hydrogens is 384 g/mol. The number of anilines is 1. The van der Waals surface area contributed by atoms with Gasteiger partial charge in [0.1, 0.15) is 0 Å². The number of aromatic nitrogens is 5. The van der Waals surface area contributed by atoms with Crippen LogP contribution in [0.4, 0.5) is 5.69 Å². The second kappa shape index (κ2) is 7.25. The van der Waals surface area contributed by atoms with E-state index in [1.165, 1.54) is 11.3 Å². The molecule has 0 saturated heterocycles. The average Bonchev–Trinajstić information content (AvgIpc) is 3.44. The fourth-order valence-electron chi connectivity index (χ4n) is 2.97. The number of fused-ring (bicyclic) bond motifs is 1. The van der Waals surface area contributed by atoms with Crippen LogP contribution in [0.5, 0.6) is 0 Å². The molecule has 0 aliphatic heterocycles. The van der Waals surface area contributed by atoms with Gasteiger partial charge in [-0.3, -0.25) is 9.78 Å². The molecule has 29 heavy (non-hydrogen) atoms. The normalized spacial score (nSPS) is 10.9. The molecule has 0 spiro atoms. The minimum atomic E-state index is -0.127. The summed E-state index contributed by atoms with van der Waals surface area (Å²) >= 11 is 1.41. The summed E-state index contributed by atoms with van der Waals surface area (Å²) in [5, 5.41) is 17.9. The van der Waals surface area contributed by atoms with E-state index >= 15 is 0 Å². The third-order valence-electron chi connectivity index (χ3n) is 4.34. The van der Waals surface area contributed by atoms with Crippen LogP contribution in [0.3, 0.4) is 0 Å². The monoisotopic (exact) mass is 398 g/mol. The number of thiophene rings is 1. The van der Waals surface area contributed by atoms with Gasteiger partial charge < -0.3 is 5.32 Å². The molecule has 5 aromatic rings. The third-order valence-corrected chi connectivity index (χ3v) is 5.21. The number of nitrogens with one attached hydrogen (secondary N) is 1. The van der Waals surface area contributed by atoms with Crippen molar-refractivity contribution < 1.29 is 4.79 Å². The Morgan fingerprint density at radius 1 is 0.966 bits per heavy atom. The Hall–Kier alpha value is -3.91. The summed E-state index contributed by atoms with van der Waals surface area (Å²) in [6, 6.07) is 18.8. The van der Waals surface area contributed by atoms with Crippen LogP contribution in [0, 0.1) is 0 Å². The van der Waals surface area contributed by atoms with E-state index in [-0.39, 0.29) is 5.91 Å². The molecule has 4 heterocycles. The molecule has 8 heteroatoms. The maximum atomic E-state index is 12.3. The summed E-state index contributed by atoms with van der Waals surface area (Å²) in [5.74, 6) is 0.496. The average molecular weight is 398 g/mol. The standard InChI is InChI=1S/C21H14N6OS/c28-21(18-7-3-11-29-18)23-16-6-1-4-14(12-16)17-8-9-19-24-25-20(27(19)26-17)15-5-2-10-22-13-15/h1-13H,(H,23,28). The third kappa shape index (κ3) is 3.37. The number of carbonyl (C=O) groups excluding carboxylic acids is 1. The Bertz CT molecular complexity index is 1300. The number of hydrogen-bond acceptors (Lipinski definition) is 6. The number of benzene rings is 1. The van der Waals surface area contributed by atoms with Crippen LogP contribution >= 0.6 is 11.3 Å². The smallest absolute Gasteiger partial charge is 0.265 e. The second-order valence-electron chi connectivity index (χ2n) is 6.27. The predicted octanol–water partition coefficient (Wildman–Crippen LogP) is 4.17. The zero-order chi connectivity index (χ0) is 19.6. The van der Waals surface area contributed by atoms with Gasteiger partial charge in [0.05, 0.1) is 10.6 Å². The van der Waals surface area contributed by atoms with E-state index in [9.17, 15) is 4.79 Å². The van der Waals surface area contributed by atoms with Crippen molar-refractivity contribution in [1.29, 1.82) is 0 Å². The van der Waals surface area contributed by atoms with Gasteiger partial charge in [0.2, 0.25) is 0 Å². The Morgan fingerprint density at radius 3 is 2.72 bits per heavy atom. The minimum Gasteiger partial charge on any atom is -0.321 e. The lowest BCUT2D eigenvalue weighted by atomic mass is 10.1. The molecule has 4 aromatic heterocycles. The number of rotatable bonds is 4. The van der Waals surface area contributed by atoms with Crippen molar-refractivity contribution in [3.05, 3.63) is 83.3 Å². The Morgan fingerprint density at radius 2 is 1.90 bits per heavy atom. The van der Waals surface area contributed by atoms with E-state index in [0.29, 0.717) is 22.0 Å². The van der Waals surface area contributed by atoms with E-state index < -0.39 is 0 Å². The summed E-state index contributed by atoms with van der Waals surface area (Å²) in [4.78, 5) is 17.1. The van der Waals surface area contributed by atoms with Gasteiger partial charge in [0, 0.05) is 29.2 Å². The van der Waals surface area contributed by atoms with Crippen molar-refractivity contribution in [2.75, 3.05) is 5.32 Å². The highest BCUT2D eigenvalue weighted by molar-refractivity contribution is 7.12. The molecule has 0 atom stereocenters. The number of nitrogens with zero attached hydrogens (tertiary/aromatic N) is 5. The van der Waals surface area contributed by atoms with E-state index in [1.54, 1.807) is 23.0 Å². The largest absolute Gasteiger partial charge is 0.321 e. The van der Waals surface area contributed by atoms with E-state index in [0.717, 1.165) is 16.8 Å². The van der Waals surface area contributed by atoms with Gasteiger partial charge in [0.25, 0.3) is 5.91 Å². The van der Waals surface area contributed by atoms with Crippen LogP contribution in [0.25, 0.3) is 28.3 Å². The van der Waals surface area contributed by atoms with Gasteiger partial charge in [-0.25, -0.2) is 0 Å². The quantitative estimate of drug-likeness (QED) is 0.491. The van der Waals surface area contributed by atoms with Crippen LogP contribution in [0.2, 0.25) is 0 Å². The minimum absolute atomic E-state index is 0.127. The van der Waals surface area contributed by atoms with Gasteiger partial charge >= 0.3 is 0 Å². The van der Waals surface area contributed by atoms with Crippen molar-refractivity contribution >= 4 is 28.6 Å². The molecule has 0 radical (unpaired) electrons. The van der Waals surface area contributed by atoms with Crippen molar-refractivity contribution in [3.8, 4) is 22.6 Å². The Kier molecular flexibility index (Phi) is 4.30. The van der Waals surface area contributed by atoms with Crippen LogP contribution in [0.1, 0.15) is 9.67 Å². The van der Waals surface area contributed by atoms with Crippen molar-refractivity contribution in [2.45, 2.75) is 0 Å². The Balaban J connectivity index is 1.50. The molecule has 0 saturated carbocycles. The fraction of sp³-hybridized carbons (Fsp3) is 0. The molecule has 1 aromatic carbocycles. The lowest BCUT2D eigenvalue weighted by molar-refractivity contribution is 0.103. The van der Waals surface area contributed by atoms with Crippen LogP contribution < -0.4 is 5.32 Å². The summed E-state index contributed by atoms with van der Waals surface area (Å²) in [5.41, 5.74) is 3.81. The number of hydrogen-bond donors (Lipinski definition) is 1. The molecule has 1 N–H and O–H groups in total. The molecule has 1 amide bonds. The summed E-state index contributed by atoms with van der Waals surface area (Å²) < 4.78 is 1.70. The first-order chi connectivity index (χ1) is 14.3. The number of pyridine rings is 1. The van der Waals surface area contributed by atoms with E-state index in [1.807, 2.05) is 60.0 Å². The fourth-order valence-corrected chi connectivity index (χ4v) is 3.59. The molecule has 0 aliphatic rings. The predicted molar refractivity (Wildman–Crippen MR) is 112 cm³/mol. The first-order valence-electron chi connectivity index (χ1n) is 8.86. The molecule has 0 fully saturated rings. The van der Waals surface area contributed by atoms with Crippen molar-refractivity contribution in [3.63, 3.8) is 0 Å². The zero-order valence-electron chi connectivity index (χ0n) is 15.1. The van der Waals surface area contributed by atoms with Crippen LogP contribution in [-0.2, 0) is 0 Å². The summed E-state index contributed by atoms with van der Waals surface area (Å²) in [7, 11) is 0. The molecule has 0 unspecified atom stereocenters. The highest BCUT2D eigenvalue weighted by atomic mass is 32.1. The zero-order valence-corrected chi connectivity index (χ0v) is 15.9. The van der Waals surface area contributed by atoms with Gasteiger partial charge in [-0.2, -0.15) is 9.61 Å². The molecule has 7 nitrogen and oxygen atoms in total. The topological polar surface area (TPSA) is 85.1 Å². The lowest BCUT2D eigenvalue weighted by Crippen LogP contribution is -2.10. The molecule has 5 rings (SSSR count). The second-order valence-corrected chi connectivity index (χ2v) is 7.21. The lowest BCUT2D eigenvalue weighted by Gasteiger charge is -2.07. The van der Waals surface area contributed by atoms with Gasteiger partial charge in [-0.1, -0.05) is 18.2 Å². The van der Waals surface area contributed by atoms with Gasteiger partial charge in [-0.15, -0.1) is 21.5 Å². The maximum Gasteiger partial charge on any atom is 0.265 e. The summed E-state index contributed by atoms with van der Waals surface area (Å²) in [6.07, 6.45) is 3.44. The first kappa shape index (κ1) is 17.2. The Labute approximate surface area is 169 Å². The SMILES string of the molecule is O=C(Nc1cccc(-c2ccc3nnc(-c4cccnc4)n3n2)c1)c1cccs1. The summed E-state index contributed by atoms with van der Waals surface area (Å²) in [6.45, 7) is 0. The molecule has 140 valence electrons. The van der Waals surface area contributed by atoms with E-state index in [2.05, 4.69) is 20.5 Å². The molecule has 0 aliphatic carbocycles. The first-order valence-corrected chi connectivity index (χ1v) is 9.74. The molecule has 0 bridgehead atoms. The highest BCUT2D eigenvalue weighted by Crippen LogP contribution is 2.24. The van der Waals surface area contributed by atoms with Crippen LogP contribution in [0.15, 0.2) is 78.4 Å².